The van der Waals surface area contributed by atoms with Crippen molar-refractivity contribution in [1.82, 2.24) is 4.98 Å². The number of hydrogen-bond acceptors (Lipinski definition) is 7. The summed E-state index contributed by atoms with van der Waals surface area (Å²) in [6, 6.07) is 14.4. The van der Waals surface area contributed by atoms with E-state index in [1.165, 1.54) is 23.8 Å². The molecule has 0 N–H and O–H groups in total. The summed E-state index contributed by atoms with van der Waals surface area (Å²) in [5, 5.41) is 0.396. The van der Waals surface area contributed by atoms with Crippen molar-refractivity contribution in [1.29, 1.82) is 0 Å². The molecule has 0 spiro atoms. The minimum Gasteiger partial charge on any atom is -0.495 e. The summed E-state index contributed by atoms with van der Waals surface area (Å²) in [7, 11) is 3.09. The Morgan fingerprint density at radius 2 is 1.94 bits per heavy atom. The highest BCUT2D eigenvalue weighted by Crippen LogP contribution is 2.41. The second-order valence-corrected chi connectivity index (χ2v) is 9.92. The molecule has 0 saturated carbocycles. The summed E-state index contributed by atoms with van der Waals surface area (Å²) < 4.78 is 17.8. The maximum absolute atomic E-state index is 13.2. The second kappa shape index (κ2) is 10.8. The number of thioether (sulfide) groups is 1. The third-order valence-corrected chi connectivity index (χ3v) is 7.01. The second-order valence-electron chi connectivity index (χ2n) is 6.98. The molecule has 0 atom stereocenters. The summed E-state index contributed by atoms with van der Waals surface area (Å²) in [6.07, 6.45) is 3.48. The van der Waals surface area contributed by atoms with Crippen LogP contribution in [0.3, 0.4) is 0 Å². The zero-order chi connectivity index (χ0) is 24.2. The van der Waals surface area contributed by atoms with Crippen LogP contribution in [0, 0.1) is 0 Å². The Hall–Kier alpha value is -2.59. The first-order valence-electron chi connectivity index (χ1n) is 9.93. The van der Waals surface area contributed by atoms with Crippen LogP contribution >= 0.6 is 51.5 Å². The molecule has 3 aromatic rings. The fourth-order valence-corrected chi connectivity index (χ4v) is 5.35. The van der Waals surface area contributed by atoms with Crippen molar-refractivity contribution in [2.75, 3.05) is 19.1 Å². The van der Waals surface area contributed by atoms with Gasteiger partial charge in [-0.3, -0.25) is 14.7 Å². The predicted octanol–water partition coefficient (Wildman–Crippen LogP) is 6.50. The maximum atomic E-state index is 13.2. The number of rotatable bonds is 7. The molecule has 0 radical (unpaired) electrons. The van der Waals surface area contributed by atoms with Gasteiger partial charge in [-0.15, -0.1) is 0 Å². The molecule has 0 unspecified atom stereocenters. The van der Waals surface area contributed by atoms with Gasteiger partial charge in [-0.05, 0) is 70.0 Å². The van der Waals surface area contributed by atoms with Crippen molar-refractivity contribution in [2.45, 2.75) is 6.61 Å². The maximum Gasteiger partial charge on any atom is 0.270 e. The fraction of sp³-hybridized carbons (Fsp3) is 0.125. The molecule has 34 heavy (non-hydrogen) atoms. The summed E-state index contributed by atoms with van der Waals surface area (Å²) in [5.41, 5.74) is 2.12. The highest BCUT2D eigenvalue weighted by atomic mass is 79.9. The van der Waals surface area contributed by atoms with E-state index < -0.39 is 0 Å². The van der Waals surface area contributed by atoms with E-state index in [9.17, 15) is 4.79 Å². The Labute approximate surface area is 220 Å². The molecule has 4 rings (SSSR count). The van der Waals surface area contributed by atoms with Gasteiger partial charge in [0.2, 0.25) is 0 Å². The van der Waals surface area contributed by atoms with Crippen molar-refractivity contribution in [3.8, 4) is 17.2 Å². The highest BCUT2D eigenvalue weighted by molar-refractivity contribution is 9.10. The SMILES string of the molecule is COc1ccc(N2C(=O)/C(=C\c3cc(Br)c(OCc4ccccn4)c(OC)c3)SC2=S)cc1Cl. The smallest absolute Gasteiger partial charge is 0.270 e. The van der Waals surface area contributed by atoms with Gasteiger partial charge >= 0.3 is 0 Å². The standard InChI is InChI=1S/C24H18BrClN2O4S2/c1-30-19-7-6-16(12-18(19)26)28-23(29)21(34-24(28)33)11-14-9-17(25)22(20(10-14)31-2)32-13-15-5-3-4-8-27-15/h3-12H,13H2,1-2H3/b21-11+. The van der Waals surface area contributed by atoms with Gasteiger partial charge in [0, 0.05) is 6.20 Å². The zero-order valence-corrected chi connectivity index (χ0v) is 22.1. The number of aromatic nitrogens is 1. The molecular weight excluding hydrogens is 560 g/mol. The molecule has 2 aromatic carbocycles. The number of carbonyl (C=O) groups excluding carboxylic acids is 1. The van der Waals surface area contributed by atoms with Crippen LogP contribution in [0.5, 0.6) is 17.2 Å². The van der Waals surface area contributed by atoms with E-state index in [1.807, 2.05) is 24.3 Å². The van der Waals surface area contributed by atoms with Crippen molar-refractivity contribution in [2.24, 2.45) is 0 Å². The Morgan fingerprint density at radius 1 is 1.15 bits per heavy atom. The van der Waals surface area contributed by atoms with Crippen LogP contribution in [-0.4, -0.2) is 29.4 Å². The average molecular weight is 578 g/mol. The Balaban J connectivity index is 1.58. The minimum absolute atomic E-state index is 0.234. The number of carbonyl (C=O) groups is 1. The van der Waals surface area contributed by atoms with Gasteiger partial charge < -0.3 is 14.2 Å². The summed E-state index contributed by atoms with van der Waals surface area (Å²) in [5.74, 6) is 1.36. The molecule has 1 saturated heterocycles. The lowest BCUT2D eigenvalue weighted by molar-refractivity contribution is -0.113. The summed E-state index contributed by atoms with van der Waals surface area (Å²) in [6.45, 7) is 0.290. The normalized spacial score (nSPS) is 14.6. The fourth-order valence-electron chi connectivity index (χ4n) is 3.23. The summed E-state index contributed by atoms with van der Waals surface area (Å²) in [4.78, 5) is 19.3. The number of methoxy groups -OCH3 is 2. The molecule has 1 amide bonds. The van der Waals surface area contributed by atoms with Gasteiger partial charge in [0.25, 0.3) is 5.91 Å². The van der Waals surface area contributed by atoms with Gasteiger partial charge in [0.1, 0.15) is 12.4 Å². The molecule has 0 aliphatic carbocycles. The quantitative estimate of drug-likeness (QED) is 0.235. The van der Waals surface area contributed by atoms with Crippen LogP contribution in [0.4, 0.5) is 5.69 Å². The van der Waals surface area contributed by atoms with Gasteiger partial charge in [0.15, 0.2) is 15.8 Å². The van der Waals surface area contributed by atoms with E-state index in [0.717, 1.165) is 11.3 Å². The number of nitrogens with zero attached hydrogens (tertiary/aromatic N) is 2. The van der Waals surface area contributed by atoms with E-state index in [1.54, 1.807) is 43.6 Å². The average Bonchev–Trinajstić information content (AvgIpc) is 3.11. The van der Waals surface area contributed by atoms with Crippen LogP contribution in [0.25, 0.3) is 6.08 Å². The van der Waals surface area contributed by atoms with Gasteiger partial charge in [-0.25, -0.2) is 0 Å². The van der Waals surface area contributed by atoms with Crippen LogP contribution in [0.1, 0.15) is 11.3 Å². The number of benzene rings is 2. The first kappa shape index (κ1) is 24.5. The number of ether oxygens (including phenoxy) is 3. The number of anilines is 1. The predicted molar refractivity (Wildman–Crippen MR) is 143 cm³/mol. The Morgan fingerprint density at radius 3 is 2.62 bits per heavy atom. The van der Waals surface area contributed by atoms with Crippen LogP contribution in [-0.2, 0) is 11.4 Å². The van der Waals surface area contributed by atoms with E-state index in [4.69, 9.17) is 38.0 Å². The number of pyridine rings is 1. The van der Waals surface area contributed by atoms with E-state index in [-0.39, 0.29) is 12.5 Å². The lowest BCUT2D eigenvalue weighted by Gasteiger charge is -2.15. The van der Waals surface area contributed by atoms with Crippen molar-refractivity contribution in [3.63, 3.8) is 0 Å². The molecule has 174 valence electrons. The third-order valence-electron chi connectivity index (χ3n) is 4.83. The number of thiocarbonyl (C=S) groups is 1. The lowest BCUT2D eigenvalue weighted by atomic mass is 10.1. The van der Waals surface area contributed by atoms with Gasteiger partial charge in [-0.1, -0.05) is 41.6 Å². The van der Waals surface area contributed by atoms with E-state index >= 15 is 0 Å². The molecule has 1 aliphatic rings. The first-order valence-corrected chi connectivity index (χ1v) is 12.3. The molecule has 6 nitrogen and oxygen atoms in total. The molecule has 1 aliphatic heterocycles. The topological polar surface area (TPSA) is 60.9 Å². The van der Waals surface area contributed by atoms with Crippen LogP contribution in [0.15, 0.2) is 64.1 Å². The van der Waals surface area contributed by atoms with Crippen molar-refractivity contribution in [3.05, 3.63) is 80.4 Å². The lowest BCUT2D eigenvalue weighted by Crippen LogP contribution is -2.27. The van der Waals surface area contributed by atoms with Crippen molar-refractivity contribution < 1.29 is 19.0 Å². The first-order chi connectivity index (χ1) is 16.4. The van der Waals surface area contributed by atoms with Crippen LogP contribution < -0.4 is 19.1 Å². The monoisotopic (exact) mass is 576 g/mol. The molecular formula is C24H18BrClN2O4S2. The molecule has 10 heteroatoms. The largest absolute Gasteiger partial charge is 0.495 e. The third kappa shape index (κ3) is 5.22. The Bertz CT molecular complexity index is 1290. The molecule has 0 bridgehead atoms. The van der Waals surface area contributed by atoms with Crippen LogP contribution in [0.2, 0.25) is 5.02 Å². The van der Waals surface area contributed by atoms with Gasteiger partial charge in [-0.2, -0.15) is 0 Å². The molecule has 2 heterocycles. The minimum atomic E-state index is -0.234. The number of halogens is 2. The van der Waals surface area contributed by atoms with E-state index in [0.29, 0.717) is 41.7 Å². The van der Waals surface area contributed by atoms with Crippen molar-refractivity contribution >= 4 is 73.5 Å². The Kier molecular flexibility index (Phi) is 7.77. The molecule has 1 fully saturated rings. The van der Waals surface area contributed by atoms with Gasteiger partial charge in [0.05, 0.1) is 40.0 Å². The molecule has 1 aromatic heterocycles. The number of amides is 1. The summed E-state index contributed by atoms with van der Waals surface area (Å²) >= 11 is 16.5. The number of hydrogen-bond donors (Lipinski definition) is 0. The van der Waals surface area contributed by atoms with E-state index in [2.05, 4.69) is 20.9 Å². The highest BCUT2D eigenvalue weighted by Gasteiger charge is 2.33. The zero-order valence-electron chi connectivity index (χ0n) is 18.1.